The Morgan fingerprint density at radius 2 is 1.89 bits per heavy atom. The molecule has 0 unspecified atom stereocenters. The van der Waals surface area contributed by atoms with Crippen molar-refractivity contribution >= 4 is 40.9 Å². The van der Waals surface area contributed by atoms with Gasteiger partial charge in [0.2, 0.25) is 0 Å². The van der Waals surface area contributed by atoms with Crippen molar-refractivity contribution in [1.82, 2.24) is 0 Å². The van der Waals surface area contributed by atoms with E-state index in [1.807, 2.05) is 43.3 Å². The van der Waals surface area contributed by atoms with Crippen LogP contribution in [0.3, 0.4) is 0 Å². The van der Waals surface area contributed by atoms with Crippen LogP contribution in [0.25, 0.3) is 0 Å². The van der Waals surface area contributed by atoms with Crippen LogP contribution < -0.4 is 4.90 Å². The summed E-state index contributed by atoms with van der Waals surface area (Å²) >= 11 is 7.30. The van der Waals surface area contributed by atoms with Crippen molar-refractivity contribution in [3.8, 4) is 6.07 Å². The Labute approximate surface area is 167 Å². The van der Waals surface area contributed by atoms with Gasteiger partial charge in [0.25, 0.3) is 5.91 Å². The first-order valence-electron chi connectivity index (χ1n) is 8.28. The zero-order chi connectivity index (χ0) is 19.6. The fourth-order valence-electron chi connectivity index (χ4n) is 2.24. The van der Waals surface area contributed by atoms with E-state index in [4.69, 9.17) is 21.6 Å². The van der Waals surface area contributed by atoms with Gasteiger partial charge in [0.15, 0.2) is 6.61 Å². The number of aryl methyl sites for hydroxylation is 1. The lowest BCUT2D eigenvalue weighted by Gasteiger charge is -2.21. The van der Waals surface area contributed by atoms with E-state index in [-0.39, 0.29) is 31.2 Å². The van der Waals surface area contributed by atoms with Crippen LogP contribution in [0, 0.1) is 18.3 Å². The molecule has 7 heteroatoms. The van der Waals surface area contributed by atoms with E-state index >= 15 is 0 Å². The maximum Gasteiger partial charge on any atom is 0.316 e. The number of nitriles is 1. The highest BCUT2D eigenvalue weighted by atomic mass is 35.5. The molecule has 27 heavy (non-hydrogen) atoms. The van der Waals surface area contributed by atoms with Crippen LogP contribution >= 0.6 is 23.4 Å². The van der Waals surface area contributed by atoms with Crippen molar-refractivity contribution in [2.45, 2.75) is 18.2 Å². The van der Waals surface area contributed by atoms with Gasteiger partial charge < -0.3 is 9.64 Å². The molecule has 0 aliphatic carbocycles. The second-order valence-corrected chi connectivity index (χ2v) is 7.09. The highest BCUT2D eigenvalue weighted by molar-refractivity contribution is 8.00. The Kier molecular flexibility index (Phi) is 8.18. The van der Waals surface area contributed by atoms with Crippen molar-refractivity contribution in [3.05, 3.63) is 59.1 Å². The molecule has 0 aromatic heterocycles. The molecule has 1 amide bonds. The van der Waals surface area contributed by atoms with Gasteiger partial charge in [-0.25, -0.2) is 0 Å². The third-order valence-electron chi connectivity index (χ3n) is 3.63. The zero-order valence-electron chi connectivity index (χ0n) is 14.9. The van der Waals surface area contributed by atoms with Gasteiger partial charge in [-0.3, -0.25) is 9.59 Å². The number of anilines is 1. The molecule has 0 spiro atoms. The molecule has 0 fully saturated rings. The molecule has 0 heterocycles. The van der Waals surface area contributed by atoms with Crippen LogP contribution in [-0.2, 0) is 14.3 Å². The summed E-state index contributed by atoms with van der Waals surface area (Å²) in [5.41, 5.74) is 1.73. The smallest absolute Gasteiger partial charge is 0.316 e. The molecule has 140 valence electrons. The van der Waals surface area contributed by atoms with E-state index in [0.717, 1.165) is 10.5 Å². The number of carbonyl (C=O) groups is 2. The third kappa shape index (κ3) is 6.63. The van der Waals surface area contributed by atoms with Gasteiger partial charge in [-0.1, -0.05) is 41.4 Å². The summed E-state index contributed by atoms with van der Waals surface area (Å²) in [5, 5.41) is 9.38. The molecule has 0 aliphatic heterocycles. The molecule has 0 radical (unpaired) electrons. The van der Waals surface area contributed by atoms with Crippen molar-refractivity contribution < 1.29 is 14.3 Å². The number of amides is 1. The summed E-state index contributed by atoms with van der Waals surface area (Å²) in [7, 11) is 0. The number of esters is 1. The minimum absolute atomic E-state index is 0.0553. The second kappa shape index (κ2) is 10.6. The summed E-state index contributed by atoms with van der Waals surface area (Å²) in [5.74, 6) is -0.817. The van der Waals surface area contributed by atoms with Gasteiger partial charge in [-0.05, 0) is 31.2 Å². The monoisotopic (exact) mass is 402 g/mol. The molecule has 0 atom stereocenters. The van der Waals surface area contributed by atoms with E-state index in [1.54, 1.807) is 18.2 Å². The van der Waals surface area contributed by atoms with Crippen LogP contribution in [-0.4, -0.2) is 30.8 Å². The molecule has 0 saturated carbocycles. The number of halogens is 1. The van der Waals surface area contributed by atoms with E-state index in [1.165, 1.54) is 16.7 Å². The summed E-state index contributed by atoms with van der Waals surface area (Å²) in [6, 6.07) is 16.6. The zero-order valence-corrected chi connectivity index (χ0v) is 16.4. The highest BCUT2D eigenvalue weighted by Gasteiger charge is 2.17. The minimum atomic E-state index is -0.502. The first-order chi connectivity index (χ1) is 13.0. The lowest BCUT2D eigenvalue weighted by atomic mass is 10.2. The fraction of sp³-hybridized carbons (Fsp3) is 0.250. The molecule has 0 N–H and O–H groups in total. The number of carbonyl (C=O) groups excluding carboxylic acids is 2. The van der Waals surface area contributed by atoms with Crippen LogP contribution in [0.4, 0.5) is 5.69 Å². The number of nitrogens with zero attached hydrogens (tertiary/aromatic N) is 2. The molecule has 2 rings (SSSR count). The molecular formula is C20H19ClN2O3S. The van der Waals surface area contributed by atoms with Crippen molar-refractivity contribution in [3.63, 3.8) is 0 Å². The van der Waals surface area contributed by atoms with Gasteiger partial charge in [-0.15, -0.1) is 11.8 Å². The number of hydrogen-bond donors (Lipinski definition) is 0. The number of thioether (sulfide) groups is 1. The minimum Gasteiger partial charge on any atom is -0.455 e. The Hall–Kier alpha value is -2.49. The molecular weight excluding hydrogens is 384 g/mol. The Balaban J connectivity index is 1.90. The lowest BCUT2D eigenvalue weighted by Crippen LogP contribution is -2.35. The molecule has 5 nitrogen and oxygen atoms in total. The van der Waals surface area contributed by atoms with Crippen LogP contribution in [0.2, 0.25) is 5.02 Å². The molecule has 0 bridgehead atoms. The fourth-order valence-corrected chi connectivity index (χ4v) is 3.28. The summed E-state index contributed by atoms with van der Waals surface area (Å²) in [6.07, 6.45) is 0.190. The molecule has 0 aliphatic rings. The van der Waals surface area contributed by atoms with Crippen molar-refractivity contribution in [1.29, 1.82) is 5.26 Å². The molecule has 2 aromatic rings. The number of ether oxygens (including phenoxy) is 1. The van der Waals surface area contributed by atoms with Gasteiger partial charge in [-0.2, -0.15) is 5.26 Å². The maximum atomic E-state index is 12.5. The first kappa shape index (κ1) is 20.8. The quantitative estimate of drug-likeness (QED) is 0.488. The molecule has 0 saturated heterocycles. The largest absolute Gasteiger partial charge is 0.455 e. The van der Waals surface area contributed by atoms with Gasteiger partial charge in [0, 0.05) is 17.1 Å². The Morgan fingerprint density at radius 3 is 2.56 bits per heavy atom. The van der Waals surface area contributed by atoms with E-state index in [2.05, 4.69) is 0 Å². The number of rotatable bonds is 8. The Morgan fingerprint density at radius 1 is 1.19 bits per heavy atom. The first-order valence-corrected chi connectivity index (χ1v) is 9.64. The predicted molar refractivity (Wildman–Crippen MR) is 107 cm³/mol. The third-order valence-corrected chi connectivity index (χ3v) is 5.12. The topological polar surface area (TPSA) is 70.4 Å². The van der Waals surface area contributed by atoms with Crippen LogP contribution in [0.15, 0.2) is 53.4 Å². The summed E-state index contributed by atoms with van der Waals surface area (Å²) in [4.78, 5) is 26.7. The van der Waals surface area contributed by atoms with Gasteiger partial charge in [0.05, 0.1) is 23.3 Å². The predicted octanol–water partition coefficient (Wildman–Crippen LogP) is 4.23. The van der Waals surface area contributed by atoms with Crippen molar-refractivity contribution in [2.75, 3.05) is 23.8 Å². The number of benzene rings is 2. The van der Waals surface area contributed by atoms with Crippen molar-refractivity contribution in [2.24, 2.45) is 0 Å². The number of hydrogen-bond acceptors (Lipinski definition) is 5. The average Bonchev–Trinajstić information content (AvgIpc) is 2.67. The van der Waals surface area contributed by atoms with Crippen LogP contribution in [0.1, 0.15) is 12.0 Å². The van der Waals surface area contributed by atoms with E-state index in [9.17, 15) is 9.59 Å². The van der Waals surface area contributed by atoms with Gasteiger partial charge in [0.1, 0.15) is 0 Å². The standard InChI is InChI=1S/C20H19ClN2O3S/c1-15-7-9-16(10-8-15)23(12-4-11-22)19(24)13-26-20(25)14-27-18-6-3-2-5-17(18)21/h2-3,5-10H,4,12-14H2,1H3. The summed E-state index contributed by atoms with van der Waals surface area (Å²) in [6.45, 7) is 1.81. The normalized spacial score (nSPS) is 10.1. The van der Waals surface area contributed by atoms with E-state index in [0.29, 0.717) is 10.7 Å². The molecule has 2 aromatic carbocycles. The van der Waals surface area contributed by atoms with E-state index < -0.39 is 5.97 Å². The van der Waals surface area contributed by atoms with Gasteiger partial charge >= 0.3 is 5.97 Å². The SMILES string of the molecule is Cc1ccc(N(CCC#N)C(=O)COC(=O)CSc2ccccc2Cl)cc1. The second-order valence-electron chi connectivity index (χ2n) is 5.67. The highest BCUT2D eigenvalue weighted by Crippen LogP contribution is 2.26. The Bertz CT molecular complexity index is 834. The maximum absolute atomic E-state index is 12.5. The van der Waals surface area contributed by atoms with Crippen LogP contribution in [0.5, 0.6) is 0 Å². The lowest BCUT2D eigenvalue weighted by molar-refractivity contribution is -0.145. The average molecular weight is 403 g/mol. The summed E-state index contributed by atoms with van der Waals surface area (Å²) < 4.78 is 5.09.